The zero-order chi connectivity index (χ0) is 58.1. The second kappa shape index (κ2) is 21.0. The number of fused-ring (bicyclic) bond motifs is 10. The SMILES string of the molecule is c1ccc(N(c2ccccc2)c2ccc3c4ccccc4n(-c4ccc5nc(-n6c7ccccc7c7ccc(N(c8ccccc8)c8ccccc8)cc76)nc(-n6c7ccccc7c7ccc(N(c8ccccc8)c8ccccc8)cc76)c5c4)c3c2)cc1. The number of anilines is 9. The molecular formula is C80H54N8. The van der Waals surface area contributed by atoms with Crippen molar-refractivity contribution in [3.8, 4) is 17.5 Å². The van der Waals surface area contributed by atoms with Crippen molar-refractivity contribution in [2.75, 3.05) is 14.7 Å². The first-order chi connectivity index (χ1) is 43.7. The van der Waals surface area contributed by atoms with Crippen LogP contribution in [0.1, 0.15) is 0 Å². The van der Waals surface area contributed by atoms with E-state index in [4.69, 9.17) is 9.97 Å². The predicted molar refractivity (Wildman–Crippen MR) is 367 cm³/mol. The van der Waals surface area contributed by atoms with Gasteiger partial charge in [-0.05, 0) is 146 Å². The molecule has 0 saturated heterocycles. The highest BCUT2D eigenvalue weighted by atomic mass is 15.2. The van der Waals surface area contributed by atoms with Gasteiger partial charge in [0.15, 0.2) is 5.82 Å². The lowest BCUT2D eigenvalue weighted by molar-refractivity contribution is 0.971. The van der Waals surface area contributed by atoms with Gasteiger partial charge in [-0.3, -0.25) is 9.13 Å². The summed E-state index contributed by atoms with van der Waals surface area (Å²) in [5.41, 5.74) is 17.5. The predicted octanol–water partition coefficient (Wildman–Crippen LogP) is 21.3. The average Bonchev–Trinajstić information content (AvgIpc) is 1.74. The zero-order valence-electron chi connectivity index (χ0n) is 47.8. The summed E-state index contributed by atoms with van der Waals surface area (Å²) in [5, 5.41) is 7.69. The van der Waals surface area contributed by atoms with E-state index in [0.717, 1.165) is 134 Å². The van der Waals surface area contributed by atoms with E-state index in [2.05, 4.69) is 356 Å². The molecule has 0 atom stereocenters. The number of hydrogen-bond donors (Lipinski definition) is 0. The number of para-hydroxylation sites is 9. The molecule has 0 fully saturated rings. The van der Waals surface area contributed by atoms with E-state index in [9.17, 15) is 0 Å². The molecule has 0 spiro atoms. The topological polar surface area (TPSA) is 50.3 Å². The van der Waals surface area contributed by atoms with Gasteiger partial charge >= 0.3 is 0 Å². The molecule has 0 amide bonds. The van der Waals surface area contributed by atoms with Crippen LogP contribution in [0, 0.1) is 0 Å². The third-order valence-electron chi connectivity index (χ3n) is 17.2. The Bertz CT molecular complexity index is 5330. The lowest BCUT2D eigenvalue weighted by atomic mass is 10.1. The summed E-state index contributed by atoms with van der Waals surface area (Å²) in [4.78, 5) is 18.7. The van der Waals surface area contributed by atoms with Crippen LogP contribution in [0.2, 0.25) is 0 Å². The van der Waals surface area contributed by atoms with Crippen LogP contribution in [0.5, 0.6) is 0 Å². The van der Waals surface area contributed by atoms with Gasteiger partial charge in [-0.2, -0.15) is 4.98 Å². The standard InChI is InChI=1S/C80H54N8/c1-7-25-55(26-8-1)83(56-27-9-2-10-28-56)62-43-47-68-65-37-19-22-40-73(65)86(76(68)52-62)61-46-50-72-71(51-61)79(87-74-41-23-20-38-66(74)69-48-44-63(53-77(69)87)84(57-29-11-3-12-30-57)58-31-13-4-14-32-58)82-80(81-72)88-75-42-24-21-39-67(75)70-49-45-64(54-78(70)88)85(59-33-15-5-16-34-59)60-35-17-6-18-36-60/h1-54H. The molecule has 0 bridgehead atoms. The molecule has 0 aliphatic heterocycles. The largest absolute Gasteiger partial charge is 0.310 e. The van der Waals surface area contributed by atoms with Crippen molar-refractivity contribution >= 4 is 128 Å². The lowest BCUT2D eigenvalue weighted by Gasteiger charge is -2.26. The van der Waals surface area contributed by atoms with Gasteiger partial charge in [0.25, 0.3) is 0 Å². The van der Waals surface area contributed by atoms with Gasteiger partial charge in [0, 0.05) is 94.6 Å². The third kappa shape index (κ3) is 8.37. The maximum Gasteiger partial charge on any atom is 0.237 e. The molecule has 414 valence electrons. The molecule has 4 aromatic heterocycles. The van der Waals surface area contributed by atoms with Crippen LogP contribution in [0.4, 0.5) is 51.2 Å². The molecule has 0 aliphatic carbocycles. The lowest BCUT2D eigenvalue weighted by Crippen LogP contribution is -2.11. The molecule has 0 saturated carbocycles. The summed E-state index contributed by atoms with van der Waals surface area (Å²) in [6.45, 7) is 0. The van der Waals surface area contributed by atoms with Gasteiger partial charge in [0.2, 0.25) is 5.95 Å². The van der Waals surface area contributed by atoms with Crippen molar-refractivity contribution in [1.82, 2.24) is 23.7 Å². The van der Waals surface area contributed by atoms with E-state index < -0.39 is 0 Å². The minimum atomic E-state index is 0.560. The first-order valence-corrected chi connectivity index (χ1v) is 29.8. The maximum atomic E-state index is 5.99. The van der Waals surface area contributed by atoms with Gasteiger partial charge in [-0.1, -0.05) is 182 Å². The smallest absolute Gasteiger partial charge is 0.237 e. The van der Waals surface area contributed by atoms with Crippen LogP contribution in [-0.4, -0.2) is 23.7 Å². The number of nitrogens with zero attached hydrogens (tertiary/aromatic N) is 8. The van der Waals surface area contributed by atoms with E-state index in [1.54, 1.807) is 0 Å². The molecular weight excluding hydrogens is 1070 g/mol. The normalized spacial score (nSPS) is 11.6. The van der Waals surface area contributed by atoms with Crippen molar-refractivity contribution in [3.05, 3.63) is 328 Å². The first-order valence-electron chi connectivity index (χ1n) is 29.8. The van der Waals surface area contributed by atoms with E-state index in [0.29, 0.717) is 5.95 Å². The molecule has 0 aliphatic rings. The second-order valence-electron chi connectivity index (χ2n) is 22.2. The monoisotopic (exact) mass is 1130 g/mol. The molecule has 8 nitrogen and oxygen atoms in total. The summed E-state index contributed by atoms with van der Waals surface area (Å²) in [6.07, 6.45) is 0. The van der Waals surface area contributed by atoms with E-state index in [1.807, 2.05) is 0 Å². The average molecular weight is 1130 g/mol. The summed E-state index contributed by atoms with van der Waals surface area (Å²) in [6, 6.07) is 117. The van der Waals surface area contributed by atoms with Crippen LogP contribution in [0.25, 0.3) is 93.8 Å². The van der Waals surface area contributed by atoms with Crippen LogP contribution < -0.4 is 14.7 Å². The van der Waals surface area contributed by atoms with Gasteiger partial charge in [0.1, 0.15) is 0 Å². The Balaban J connectivity index is 0.951. The Morgan fingerprint density at radius 3 is 0.898 bits per heavy atom. The summed E-state index contributed by atoms with van der Waals surface area (Å²) in [7, 11) is 0. The number of rotatable bonds is 12. The molecule has 4 heterocycles. The molecule has 13 aromatic carbocycles. The molecule has 0 N–H and O–H groups in total. The summed E-state index contributed by atoms with van der Waals surface area (Å²) in [5.74, 6) is 1.32. The van der Waals surface area contributed by atoms with Gasteiger partial charge < -0.3 is 19.3 Å². The summed E-state index contributed by atoms with van der Waals surface area (Å²) < 4.78 is 7.07. The Morgan fingerprint density at radius 2 is 0.511 bits per heavy atom. The van der Waals surface area contributed by atoms with Crippen LogP contribution >= 0.6 is 0 Å². The van der Waals surface area contributed by atoms with Crippen LogP contribution in [0.3, 0.4) is 0 Å². The third-order valence-corrected chi connectivity index (χ3v) is 17.2. The second-order valence-corrected chi connectivity index (χ2v) is 22.2. The molecule has 0 radical (unpaired) electrons. The van der Waals surface area contributed by atoms with E-state index in [1.165, 1.54) is 5.39 Å². The molecule has 88 heavy (non-hydrogen) atoms. The molecule has 0 unspecified atom stereocenters. The number of aromatic nitrogens is 5. The quantitative estimate of drug-likeness (QED) is 0.122. The first kappa shape index (κ1) is 50.5. The highest BCUT2D eigenvalue weighted by molar-refractivity contribution is 6.14. The van der Waals surface area contributed by atoms with Crippen molar-refractivity contribution in [1.29, 1.82) is 0 Å². The number of benzene rings is 13. The number of hydrogen-bond acceptors (Lipinski definition) is 5. The van der Waals surface area contributed by atoms with Gasteiger partial charge in [-0.25, -0.2) is 4.98 Å². The van der Waals surface area contributed by atoms with Crippen LogP contribution in [-0.2, 0) is 0 Å². The summed E-state index contributed by atoms with van der Waals surface area (Å²) >= 11 is 0. The van der Waals surface area contributed by atoms with Gasteiger partial charge in [0.05, 0.1) is 38.6 Å². The van der Waals surface area contributed by atoms with E-state index >= 15 is 0 Å². The molecule has 17 rings (SSSR count). The highest BCUT2D eigenvalue weighted by Gasteiger charge is 2.25. The van der Waals surface area contributed by atoms with Gasteiger partial charge in [-0.15, -0.1) is 0 Å². The fourth-order valence-electron chi connectivity index (χ4n) is 13.3. The van der Waals surface area contributed by atoms with E-state index in [-0.39, 0.29) is 0 Å². The Morgan fingerprint density at radius 1 is 0.205 bits per heavy atom. The minimum Gasteiger partial charge on any atom is -0.310 e. The fourth-order valence-corrected chi connectivity index (χ4v) is 13.3. The molecule has 8 heteroatoms. The maximum absolute atomic E-state index is 5.99. The highest BCUT2D eigenvalue weighted by Crippen LogP contribution is 2.45. The Hall–Kier alpha value is -12.0. The molecule has 17 aromatic rings. The minimum absolute atomic E-state index is 0.560. The van der Waals surface area contributed by atoms with Crippen molar-refractivity contribution in [2.24, 2.45) is 0 Å². The van der Waals surface area contributed by atoms with Crippen molar-refractivity contribution < 1.29 is 0 Å². The van der Waals surface area contributed by atoms with Crippen LogP contribution in [0.15, 0.2) is 328 Å². The van der Waals surface area contributed by atoms with Crippen molar-refractivity contribution in [2.45, 2.75) is 0 Å². The van der Waals surface area contributed by atoms with Crippen molar-refractivity contribution in [3.63, 3.8) is 0 Å². The Labute approximate surface area is 508 Å². The Kier molecular flexibility index (Phi) is 12.0. The fraction of sp³-hybridized carbons (Fsp3) is 0. The zero-order valence-corrected chi connectivity index (χ0v) is 47.8.